The van der Waals surface area contributed by atoms with Crippen LogP contribution in [0.2, 0.25) is 0 Å². The Kier molecular flexibility index (Phi) is 5.94. The minimum atomic E-state index is -4.39. The van der Waals surface area contributed by atoms with E-state index in [4.69, 9.17) is 23.1 Å². The van der Waals surface area contributed by atoms with Crippen LogP contribution in [0, 0.1) is 12.3 Å². The SMILES string of the molecule is Cc1ccc(S(=O)(=O)OC2=C(OC(=O)C(C)(C)C)C(C3COC(C)(C)O3)OC2=O)cc1. The molecular formula is C21H26O9S. The molecular weight excluding hydrogens is 428 g/mol. The summed E-state index contributed by atoms with van der Waals surface area (Å²) in [6, 6.07) is 5.88. The third kappa shape index (κ3) is 5.08. The number of aryl methyl sites for hydroxylation is 1. The van der Waals surface area contributed by atoms with Crippen molar-refractivity contribution in [3.8, 4) is 0 Å². The molecule has 2 unspecified atom stereocenters. The molecule has 0 saturated carbocycles. The normalized spacial score (nSPS) is 23.6. The minimum Gasteiger partial charge on any atom is -0.445 e. The number of carbonyl (C=O) groups is 2. The van der Waals surface area contributed by atoms with Crippen LogP contribution in [-0.2, 0) is 42.8 Å². The van der Waals surface area contributed by atoms with Gasteiger partial charge in [-0.1, -0.05) is 17.7 Å². The summed E-state index contributed by atoms with van der Waals surface area (Å²) < 4.78 is 52.5. The van der Waals surface area contributed by atoms with Crippen LogP contribution in [0.3, 0.4) is 0 Å². The maximum atomic E-state index is 12.7. The van der Waals surface area contributed by atoms with Crippen molar-refractivity contribution in [1.82, 2.24) is 0 Å². The molecule has 2 aliphatic heterocycles. The Morgan fingerprint density at radius 1 is 1.16 bits per heavy atom. The molecule has 170 valence electrons. The van der Waals surface area contributed by atoms with Crippen LogP contribution in [0.4, 0.5) is 0 Å². The molecule has 0 radical (unpaired) electrons. The molecule has 1 saturated heterocycles. The second kappa shape index (κ2) is 7.92. The monoisotopic (exact) mass is 454 g/mol. The third-order valence-electron chi connectivity index (χ3n) is 4.59. The van der Waals surface area contributed by atoms with Gasteiger partial charge in [-0.25, -0.2) is 4.79 Å². The average molecular weight is 454 g/mol. The summed E-state index contributed by atoms with van der Waals surface area (Å²) in [4.78, 5) is 24.9. The van der Waals surface area contributed by atoms with E-state index in [2.05, 4.69) is 0 Å². The molecule has 0 N–H and O–H groups in total. The summed E-state index contributed by atoms with van der Waals surface area (Å²) in [5.41, 5.74) is -0.0875. The van der Waals surface area contributed by atoms with E-state index in [0.717, 1.165) is 5.56 Å². The molecule has 3 rings (SSSR count). The maximum Gasteiger partial charge on any atom is 0.380 e. The van der Waals surface area contributed by atoms with Crippen molar-refractivity contribution in [2.24, 2.45) is 5.41 Å². The first-order valence-electron chi connectivity index (χ1n) is 9.70. The van der Waals surface area contributed by atoms with Gasteiger partial charge in [-0.3, -0.25) is 4.79 Å². The Morgan fingerprint density at radius 3 is 2.29 bits per heavy atom. The molecule has 2 heterocycles. The van der Waals surface area contributed by atoms with Crippen LogP contribution in [-0.4, -0.2) is 45.0 Å². The first kappa shape index (κ1) is 23.2. The fourth-order valence-corrected chi connectivity index (χ4v) is 3.79. The molecule has 0 spiro atoms. The number of esters is 2. The molecule has 0 aromatic heterocycles. The lowest BCUT2D eigenvalue weighted by molar-refractivity contribution is -0.166. The van der Waals surface area contributed by atoms with Gasteiger partial charge in [-0.15, -0.1) is 0 Å². The lowest BCUT2D eigenvalue weighted by atomic mass is 9.97. The summed E-state index contributed by atoms with van der Waals surface area (Å²) in [5, 5.41) is 0. The highest BCUT2D eigenvalue weighted by molar-refractivity contribution is 7.86. The van der Waals surface area contributed by atoms with Crippen LogP contribution >= 0.6 is 0 Å². The number of rotatable bonds is 5. The van der Waals surface area contributed by atoms with Gasteiger partial charge in [0.1, 0.15) is 11.0 Å². The number of benzene rings is 1. The van der Waals surface area contributed by atoms with E-state index in [-0.39, 0.29) is 17.3 Å². The van der Waals surface area contributed by atoms with E-state index in [1.165, 1.54) is 12.1 Å². The van der Waals surface area contributed by atoms with Gasteiger partial charge >= 0.3 is 22.1 Å². The second-order valence-electron chi connectivity index (χ2n) is 8.88. The van der Waals surface area contributed by atoms with Gasteiger partial charge in [0.05, 0.1) is 12.0 Å². The number of carbonyl (C=O) groups excluding carboxylic acids is 2. The van der Waals surface area contributed by atoms with Gasteiger partial charge in [0, 0.05) is 0 Å². The second-order valence-corrected chi connectivity index (χ2v) is 10.4. The molecule has 0 bridgehead atoms. The fourth-order valence-electron chi connectivity index (χ4n) is 2.86. The van der Waals surface area contributed by atoms with Gasteiger partial charge < -0.3 is 23.1 Å². The molecule has 1 aromatic carbocycles. The van der Waals surface area contributed by atoms with Crippen molar-refractivity contribution < 1.29 is 41.1 Å². The van der Waals surface area contributed by atoms with E-state index in [9.17, 15) is 18.0 Å². The lowest BCUT2D eigenvalue weighted by Gasteiger charge is -2.23. The van der Waals surface area contributed by atoms with E-state index >= 15 is 0 Å². The summed E-state index contributed by atoms with van der Waals surface area (Å²) in [6.45, 7) is 10.0. The zero-order valence-electron chi connectivity index (χ0n) is 18.3. The van der Waals surface area contributed by atoms with Crippen molar-refractivity contribution in [1.29, 1.82) is 0 Å². The van der Waals surface area contributed by atoms with Crippen LogP contribution in [0.25, 0.3) is 0 Å². The average Bonchev–Trinajstić information content (AvgIpc) is 3.15. The highest BCUT2D eigenvalue weighted by Crippen LogP contribution is 2.36. The molecule has 31 heavy (non-hydrogen) atoms. The quantitative estimate of drug-likeness (QED) is 0.489. The zero-order chi connectivity index (χ0) is 23.2. The van der Waals surface area contributed by atoms with Crippen molar-refractivity contribution >= 4 is 22.1 Å². The molecule has 0 aliphatic carbocycles. The summed E-state index contributed by atoms with van der Waals surface area (Å²) >= 11 is 0. The first-order valence-corrected chi connectivity index (χ1v) is 11.1. The number of hydrogen-bond donors (Lipinski definition) is 0. The van der Waals surface area contributed by atoms with E-state index in [1.807, 2.05) is 0 Å². The third-order valence-corrected chi connectivity index (χ3v) is 5.82. The van der Waals surface area contributed by atoms with Gasteiger partial charge in [-0.05, 0) is 53.7 Å². The van der Waals surface area contributed by atoms with Crippen LogP contribution in [0.1, 0.15) is 40.2 Å². The standard InChI is InChI=1S/C21H26O9S/c1-12-7-9-13(10-8-12)31(24,25)30-17-16(28-19(23)20(2,3)4)15(27-18(17)22)14-11-26-21(5,6)29-14/h7-10,14-15H,11H2,1-6H3. The van der Waals surface area contributed by atoms with E-state index < -0.39 is 51.2 Å². The Bertz CT molecular complexity index is 1010. The fraction of sp³-hybridized carbons (Fsp3) is 0.524. The minimum absolute atomic E-state index is 0.0412. The van der Waals surface area contributed by atoms with Gasteiger partial charge in [0.2, 0.25) is 5.76 Å². The van der Waals surface area contributed by atoms with Crippen LogP contribution < -0.4 is 0 Å². The lowest BCUT2D eigenvalue weighted by Crippen LogP contribution is -2.35. The topological polar surface area (TPSA) is 114 Å². The smallest absolute Gasteiger partial charge is 0.380 e. The van der Waals surface area contributed by atoms with Crippen molar-refractivity contribution in [2.45, 2.75) is 64.4 Å². The molecule has 1 aromatic rings. The van der Waals surface area contributed by atoms with Gasteiger partial charge in [0.15, 0.2) is 11.9 Å². The zero-order valence-corrected chi connectivity index (χ0v) is 19.1. The number of hydrogen-bond acceptors (Lipinski definition) is 9. The highest BCUT2D eigenvalue weighted by Gasteiger charge is 2.50. The predicted molar refractivity (Wildman–Crippen MR) is 107 cm³/mol. The molecule has 0 amide bonds. The van der Waals surface area contributed by atoms with Crippen LogP contribution in [0.15, 0.2) is 40.7 Å². The number of ether oxygens (including phenoxy) is 4. The molecule has 9 nitrogen and oxygen atoms in total. The van der Waals surface area contributed by atoms with E-state index in [0.29, 0.717) is 0 Å². The summed E-state index contributed by atoms with van der Waals surface area (Å²) in [7, 11) is -4.39. The predicted octanol–water partition coefficient (Wildman–Crippen LogP) is 2.58. The van der Waals surface area contributed by atoms with Crippen LogP contribution in [0.5, 0.6) is 0 Å². The Balaban J connectivity index is 1.99. The van der Waals surface area contributed by atoms with Gasteiger partial charge in [0.25, 0.3) is 5.76 Å². The Hall–Kier alpha value is -2.43. The van der Waals surface area contributed by atoms with E-state index in [1.54, 1.807) is 53.7 Å². The Labute approximate surface area is 181 Å². The largest absolute Gasteiger partial charge is 0.445 e. The summed E-state index contributed by atoms with van der Waals surface area (Å²) in [5.74, 6) is -3.79. The van der Waals surface area contributed by atoms with Crippen molar-refractivity contribution in [3.05, 3.63) is 41.3 Å². The maximum absolute atomic E-state index is 12.7. The van der Waals surface area contributed by atoms with Gasteiger partial charge in [-0.2, -0.15) is 8.42 Å². The highest BCUT2D eigenvalue weighted by atomic mass is 32.2. The van der Waals surface area contributed by atoms with Crippen molar-refractivity contribution in [3.63, 3.8) is 0 Å². The first-order chi connectivity index (χ1) is 14.2. The molecule has 1 fully saturated rings. The molecule has 2 atom stereocenters. The van der Waals surface area contributed by atoms with Crippen molar-refractivity contribution in [2.75, 3.05) is 6.61 Å². The molecule has 2 aliphatic rings. The summed E-state index contributed by atoms with van der Waals surface area (Å²) in [6.07, 6.45) is -2.02. The number of cyclic esters (lactones) is 1. The Morgan fingerprint density at radius 2 is 1.77 bits per heavy atom. The molecule has 10 heteroatoms.